The van der Waals surface area contributed by atoms with Gasteiger partial charge in [0, 0.05) is 30.7 Å². The Kier molecular flexibility index (Phi) is 6.48. The van der Waals surface area contributed by atoms with Gasteiger partial charge in [-0.05, 0) is 24.6 Å². The van der Waals surface area contributed by atoms with Crippen LogP contribution in [-0.2, 0) is 22.4 Å². The van der Waals surface area contributed by atoms with Crippen molar-refractivity contribution in [2.75, 3.05) is 10.6 Å². The van der Waals surface area contributed by atoms with Crippen LogP contribution in [0.5, 0.6) is 0 Å². The highest BCUT2D eigenvalue weighted by Crippen LogP contribution is 2.26. The van der Waals surface area contributed by atoms with Crippen LogP contribution in [0.4, 0.5) is 11.4 Å². The van der Waals surface area contributed by atoms with Crippen LogP contribution in [0, 0.1) is 0 Å². The minimum Gasteiger partial charge on any atom is -0.339 e. The summed E-state index contributed by atoms with van der Waals surface area (Å²) in [6.07, 6.45) is 2.27. The van der Waals surface area contributed by atoms with Crippen LogP contribution in [0.3, 0.4) is 0 Å². The van der Waals surface area contributed by atoms with Crippen molar-refractivity contribution in [1.82, 2.24) is 10.1 Å². The number of halogens is 1. The summed E-state index contributed by atoms with van der Waals surface area (Å²) in [5.41, 5.74) is 1.07. The Balaban J connectivity index is 1.96. The van der Waals surface area contributed by atoms with Gasteiger partial charge in [-0.1, -0.05) is 28.0 Å². The molecule has 0 saturated carbocycles. The van der Waals surface area contributed by atoms with Crippen molar-refractivity contribution >= 4 is 39.1 Å². The molecule has 0 bridgehead atoms. The van der Waals surface area contributed by atoms with Crippen LogP contribution in [0.25, 0.3) is 0 Å². The molecule has 2 N–H and O–H groups in total. The summed E-state index contributed by atoms with van der Waals surface area (Å²) in [5.74, 6) is 0.704. The van der Waals surface area contributed by atoms with E-state index in [-0.39, 0.29) is 18.2 Å². The number of hydrogen-bond acceptors (Lipinski definition) is 5. The third-order valence-corrected chi connectivity index (χ3v) is 3.61. The highest BCUT2D eigenvalue weighted by Gasteiger charge is 2.12. The Bertz CT molecular complexity index is 730. The molecular formula is C16H19BrN4O3. The molecule has 0 aliphatic heterocycles. The van der Waals surface area contributed by atoms with Gasteiger partial charge in [0.15, 0.2) is 5.82 Å². The first-order valence-corrected chi connectivity index (χ1v) is 8.45. The van der Waals surface area contributed by atoms with Crippen LogP contribution in [0.1, 0.15) is 38.4 Å². The van der Waals surface area contributed by atoms with E-state index in [0.29, 0.717) is 29.5 Å². The minimum atomic E-state index is -0.206. The molecule has 1 aromatic heterocycles. The largest absolute Gasteiger partial charge is 0.339 e. The zero-order valence-electron chi connectivity index (χ0n) is 13.6. The fourth-order valence-electron chi connectivity index (χ4n) is 2.07. The first-order chi connectivity index (χ1) is 11.5. The first kappa shape index (κ1) is 18.1. The Labute approximate surface area is 148 Å². The van der Waals surface area contributed by atoms with Crippen molar-refractivity contribution in [1.29, 1.82) is 0 Å². The maximum atomic E-state index is 12.1. The molecule has 24 heavy (non-hydrogen) atoms. The summed E-state index contributed by atoms with van der Waals surface area (Å²) in [5, 5.41) is 9.32. The summed E-state index contributed by atoms with van der Waals surface area (Å²) >= 11 is 3.35. The molecule has 0 radical (unpaired) electrons. The second kappa shape index (κ2) is 8.58. The fourth-order valence-corrected chi connectivity index (χ4v) is 2.43. The van der Waals surface area contributed by atoms with Gasteiger partial charge in [-0.15, -0.1) is 0 Å². The molecule has 0 fully saturated rings. The molecule has 0 spiro atoms. The monoisotopic (exact) mass is 394 g/mol. The molecule has 0 unspecified atom stereocenters. The normalized spacial score (nSPS) is 10.5. The Morgan fingerprint density at radius 1 is 1.21 bits per heavy atom. The molecule has 8 heteroatoms. The van der Waals surface area contributed by atoms with Crippen molar-refractivity contribution in [3.8, 4) is 0 Å². The van der Waals surface area contributed by atoms with Crippen molar-refractivity contribution < 1.29 is 14.1 Å². The van der Waals surface area contributed by atoms with Gasteiger partial charge in [-0.2, -0.15) is 4.98 Å². The van der Waals surface area contributed by atoms with E-state index in [9.17, 15) is 9.59 Å². The highest BCUT2D eigenvalue weighted by molar-refractivity contribution is 9.10. The number of amides is 2. The molecule has 0 aliphatic rings. The van der Waals surface area contributed by atoms with Gasteiger partial charge in [0.05, 0.1) is 11.4 Å². The first-order valence-electron chi connectivity index (χ1n) is 7.66. The fraction of sp³-hybridized carbons (Fsp3) is 0.375. The maximum absolute atomic E-state index is 12.1. The Hall–Kier alpha value is -2.22. The average Bonchev–Trinajstić information content (AvgIpc) is 2.96. The quantitative estimate of drug-likeness (QED) is 0.750. The van der Waals surface area contributed by atoms with Crippen LogP contribution >= 0.6 is 15.9 Å². The van der Waals surface area contributed by atoms with E-state index in [4.69, 9.17) is 4.52 Å². The second-order valence-electron chi connectivity index (χ2n) is 5.27. The van der Waals surface area contributed by atoms with E-state index < -0.39 is 0 Å². The van der Waals surface area contributed by atoms with Gasteiger partial charge in [0.1, 0.15) is 0 Å². The zero-order valence-corrected chi connectivity index (χ0v) is 15.1. The molecule has 2 rings (SSSR count). The van der Waals surface area contributed by atoms with Gasteiger partial charge < -0.3 is 15.2 Å². The minimum absolute atomic E-state index is 0.199. The zero-order chi connectivity index (χ0) is 17.5. The van der Waals surface area contributed by atoms with Gasteiger partial charge in [0.25, 0.3) is 0 Å². The predicted octanol–water partition coefficient (Wildman–Crippen LogP) is 3.31. The number of nitrogens with zero attached hydrogens (tertiary/aromatic N) is 2. The summed E-state index contributed by atoms with van der Waals surface area (Å²) in [6, 6.07) is 5.24. The van der Waals surface area contributed by atoms with Gasteiger partial charge in [-0.25, -0.2) is 0 Å². The number of benzene rings is 1. The molecular weight excluding hydrogens is 376 g/mol. The molecule has 1 heterocycles. The number of anilines is 2. The standard InChI is InChI=1S/C16H19BrN4O3/c1-3-4-14-20-16(24-21-14)8-7-15(23)19-13-9-11(17)5-6-12(13)18-10(2)22/h5-6,9H,3-4,7-8H2,1-2H3,(H,18,22)(H,19,23). The lowest BCUT2D eigenvalue weighted by molar-refractivity contribution is -0.116. The van der Waals surface area contributed by atoms with Gasteiger partial charge in [0.2, 0.25) is 17.7 Å². The van der Waals surface area contributed by atoms with E-state index in [2.05, 4.69) is 36.7 Å². The van der Waals surface area contributed by atoms with E-state index in [1.165, 1.54) is 6.92 Å². The molecule has 0 atom stereocenters. The Morgan fingerprint density at radius 2 is 2.00 bits per heavy atom. The molecule has 0 aliphatic carbocycles. The van der Waals surface area contributed by atoms with Crippen molar-refractivity contribution in [2.45, 2.75) is 39.5 Å². The summed E-state index contributed by atoms with van der Waals surface area (Å²) < 4.78 is 5.91. The highest BCUT2D eigenvalue weighted by atomic mass is 79.9. The molecule has 0 saturated heterocycles. The molecule has 2 amide bonds. The lowest BCUT2D eigenvalue weighted by Gasteiger charge is -2.11. The van der Waals surface area contributed by atoms with Crippen molar-refractivity contribution in [3.63, 3.8) is 0 Å². The number of carbonyl (C=O) groups excluding carboxylic acids is 2. The number of rotatable bonds is 7. The third kappa shape index (κ3) is 5.45. The summed E-state index contributed by atoms with van der Waals surface area (Å²) in [6.45, 7) is 3.45. The Morgan fingerprint density at radius 3 is 2.71 bits per heavy atom. The molecule has 7 nitrogen and oxygen atoms in total. The van der Waals surface area contributed by atoms with Crippen molar-refractivity contribution in [3.05, 3.63) is 34.4 Å². The van der Waals surface area contributed by atoms with Crippen LogP contribution < -0.4 is 10.6 Å². The second-order valence-corrected chi connectivity index (χ2v) is 6.19. The predicted molar refractivity (Wildman–Crippen MR) is 93.7 cm³/mol. The van der Waals surface area contributed by atoms with Crippen LogP contribution in [-0.4, -0.2) is 22.0 Å². The SMILES string of the molecule is CCCc1noc(CCC(=O)Nc2cc(Br)ccc2NC(C)=O)n1. The number of nitrogens with one attached hydrogen (secondary N) is 2. The molecule has 128 valence electrons. The van der Waals surface area contributed by atoms with Crippen LogP contribution in [0.2, 0.25) is 0 Å². The maximum Gasteiger partial charge on any atom is 0.227 e. The van der Waals surface area contributed by atoms with Crippen molar-refractivity contribution in [2.24, 2.45) is 0 Å². The number of aromatic nitrogens is 2. The summed E-state index contributed by atoms with van der Waals surface area (Å²) in [4.78, 5) is 27.6. The van der Waals surface area contributed by atoms with E-state index in [1.807, 2.05) is 6.92 Å². The average molecular weight is 395 g/mol. The molecule has 2 aromatic rings. The van der Waals surface area contributed by atoms with E-state index in [1.54, 1.807) is 18.2 Å². The van der Waals surface area contributed by atoms with Gasteiger partial charge >= 0.3 is 0 Å². The third-order valence-electron chi connectivity index (χ3n) is 3.12. The summed E-state index contributed by atoms with van der Waals surface area (Å²) in [7, 11) is 0. The topological polar surface area (TPSA) is 97.1 Å². The number of carbonyl (C=O) groups is 2. The van der Waals surface area contributed by atoms with Gasteiger partial charge in [-0.3, -0.25) is 9.59 Å². The smallest absolute Gasteiger partial charge is 0.227 e. The lowest BCUT2D eigenvalue weighted by atomic mass is 10.2. The number of hydrogen-bond donors (Lipinski definition) is 2. The molecule has 1 aromatic carbocycles. The van der Waals surface area contributed by atoms with E-state index in [0.717, 1.165) is 17.3 Å². The lowest BCUT2D eigenvalue weighted by Crippen LogP contribution is -2.15. The number of aryl methyl sites for hydroxylation is 2. The van der Waals surface area contributed by atoms with Crippen LogP contribution in [0.15, 0.2) is 27.2 Å². The van der Waals surface area contributed by atoms with E-state index >= 15 is 0 Å².